The van der Waals surface area contributed by atoms with Crippen LogP contribution in [0.15, 0.2) is 47.4 Å². The quantitative estimate of drug-likeness (QED) is 0.881. The Morgan fingerprint density at radius 1 is 1.14 bits per heavy atom. The number of nitrogens with two attached hydrogens (primary N) is 1. The molecule has 0 unspecified atom stereocenters. The number of nitriles is 1. The van der Waals surface area contributed by atoms with Crippen molar-refractivity contribution in [1.29, 1.82) is 5.26 Å². The van der Waals surface area contributed by atoms with Crippen LogP contribution in [-0.4, -0.2) is 15.5 Å². The monoisotopic (exact) mass is 301 g/mol. The topological polar surface area (TPSA) is 87.2 Å². The Morgan fingerprint density at radius 3 is 2.33 bits per heavy atom. The molecule has 0 aliphatic heterocycles. The van der Waals surface area contributed by atoms with Gasteiger partial charge in [0, 0.05) is 12.7 Å². The normalized spacial score (nSPS) is 10.9. The Balaban J connectivity index is 2.47. The maximum atomic E-state index is 12.7. The summed E-state index contributed by atoms with van der Waals surface area (Å²) >= 11 is 0. The van der Waals surface area contributed by atoms with Crippen molar-refractivity contribution in [3.8, 4) is 6.07 Å². The molecule has 0 fully saturated rings. The summed E-state index contributed by atoms with van der Waals surface area (Å²) in [6.45, 7) is 1.68. The molecule has 2 rings (SSSR count). The lowest BCUT2D eigenvalue weighted by atomic mass is 10.2. The molecular formula is C15H15N3O2S. The summed E-state index contributed by atoms with van der Waals surface area (Å²) in [5.41, 5.74) is 7.69. The molecule has 0 heterocycles. The fourth-order valence-electron chi connectivity index (χ4n) is 1.94. The predicted molar refractivity (Wildman–Crippen MR) is 82.3 cm³/mol. The van der Waals surface area contributed by atoms with Gasteiger partial charge in [0.2, 0.25) is 0 Å². The van der Waals surface area contributed by atoms with Gasteiger partial charge in [-0.2, -0.15) is 5.26 Å². The number of rotatable bonds is 3. The zero-order chi connectivity index (χ0) is 15.6. The Bertz CT molecular complexity index is 806. The molecule has 2 aromatic rings. The second-order valence-electron chi connectivity index (χ2n) is 4.60. The lowest BCUT2D eigenvalue weighted by molar-refractivity contribution is 0.594. The molecule has 0 aliphatic rings. The molecule has 21 heavy (non-hydrogen) atoms. The van der Waals surface area contributed by atoms with Crippen LogP contribution < -0.4 is 10.0 Å². The van der Waals surface area contributed by atoms with E-state index in [4.69, 9.17) is 11.0 Å². The number of nitrogens with zero attached hydrogens (tertiary/aromatic N) is 2. The first-order valence-electron chi connectivity index (χ1n) is 6.22. The van der Waals surface area contributed by atoms with Crippen molar-refractivity contribution < 1.29 is 8.42 Å². The molecule has 2 N–H and O–H groups in total. The van der Waals surface area contributed by atoms with Crippen LogP contribution in [0.3, 0.4) is 0 Å². The first-order valence-corrected chi connectivity index (χ1v) is 7.66. The first kappa shape index (κ1) is 14.9. The molecule has 2 aromatic carbocycles. The van der Waals surface area contributed by atoms with Crippen molar-refractivity contribution in [2.45, 2.75) is 11.8 Å². The predicted octanol–water partition coefficient (Wildman–Crippen LogP) is 2.27. The minimum atomic E-state index is -3.69. The molecule has 0 saturated carbocycles. The largest absolute Gasteiger partial charge is 0.398 e. The Morgan fingerprint density at radius 2 is 1.76 bits per heavy atom. The van der Waals surface area contributed by atoms with Crippen LogP contribution in [0.2, 0.25) is 0 Å². The van der Waals surface area contributed by atoms with Crippen molar-refractivity contribution in [1.82, 2.24) is 0 Å². The zero-order valence-corrected chi connectivity index (χ0v) is 12.6. The van der Waals surface area contributed by atoms with Gasteiger partial charge in [0.1, 0.15) is 0 Å². The lowest BCUT2D eigenvalue weighted by Gasteiger charge is -2.21. The van der Waals surface area contributed by atoms with E-state index in [1.54, 1.807) is 43.3 Å². The van der Waals surface area contributed by atoms with Gasteiger partial charge in [-0.15, -0.1) is 0 Å². The number of anilines is 2. The molecule has 0 aromatic heterocycles. The summed E-state index contributed by atoms with van der Waals surface area (Å²) in [5, 5.41) is 8.78. The van der Waals surface area contributed by atoms with Gasteiger partial charge in [-0.25, -0.2) is 8.42 Å². The molecular weight excluding hydrogens is 286 g/mol. The summed E-state index contributed by atoms with van der Waals surface area (Å²) in [4.78, 5) is 0.175. The van der Waals surface area contributed by atoms with E-state index in [0.29, 0.717) is 22.5 Å². The van der Waals surface area contributed by atoms with Crippen LogP contribution in [0.1, 0.15) is 11.1 Å². The van der Waals surface area contributed by atoms with E-state index < -0.39 is 10.0 Å². The van der Waals surface area contributed by atoms with Crippen LogP contribution in [0.5, 0.6) is 0 Å². The van der Waals surface area contributed by atoms with Crippen LogP contribution in [-0.2, 0) is 10.0 Å². The number of sulfonamides is 1. The number of nitrogen functional groups attached to an aromatic ring is 1. The molecule has 6 heteroatoms. The minimum Gasteiger partial charge on any atom is -0.398 e. The molecule has 108 valence electrons. The summed E-state index contributed by atoms with van der Waals surface area (Å²) in [6.07, 6.45) is 0. The third-order valence-electron chi connectivity index (χ3n) is 3.32. The zero-order valence-electron chi connectivity index (χ0n) is 11.7. The van der Waals surface area contributed by atoms with E-state index in [2.05, 4.69) is 0 Å². The van der Waals surface area contributed by atoms with Crippen molar-refractivity contribution >= 4 is 21.4 Å². The molecule has 0 aliphatic carbocycles. The maximum Gasteiger partial charge on any atom is 0.264 e. The smallest absolute Gasteiger partial charge is 0.264 e. The van der Waals surface area contributed by atoms with E-state index in [-0.39, 0.29) is 4.90 Å². The Labute approximate surface area is 124 Å². The highest BCUT2D eigenvalue weighted by molar-refractivity contribution is 7.92. The molecule has 0 atom stereocenters. The van der Waals surface area contributed by atoms with Gasteiger partial charge >= 0.3 is 0 Å². The summed E-state index contributed by atoms with van der Waals surface area (Å²) in [6, 6.07) is 13.1. The van der Waals surface area contributed by atoms with Gasteiger partial charge in [-0.1, -0.05) is 6.07 Å². The molecule has 0 radical (unpaired) electrons. The second kappa shape index (κ2) is 5.46. The Hall–Kier alpha value is -2.52. The average Bonchev–Trinajstić information content (AvgIpc) is 2.49. The van der Waals surface area contributed by atoms with Gasteiger partial charge in [-0.05, 0) is 48.9 Å². The molecule has 0 spiro atoms. The Kier molecular flexibility index (Phi) is 3.87. The molecule has 0 saturated heterocycles. The van der Waals surface area contributed by atoms with Gasteiger partial charge in [-0.3, -0.25) is 4.31 Å². The van der Waals surface area contributed by atoms with E-state index in [0.717, 1.165) is 0 Å². The summed E-state index contributed by atoms with van der Waals surface area (Å²) in [7, 11) is -2.22. The number of hydrogen-bond donors (Lipinski definition) is 1. The van der Waals surface area contributed by atoms with Crippen molar-refractivity contribution in [2.75, 3.05) is 17.1 Å². The molecule has 0 amide bonds. The van der Waals surface area contributed by atoms with Crippen LogP contribution in [0.25, 0.3) is 0 Å². The van der Waals surface area contributed by atoms with E-state index in [9.17, 15) is 8.42 Å². The van der Waals surface area contributed by atoms with E-state index >= 15 is 0 Å². The van der Waals surface area contributed by atoms with Crippen molar-refractivity contribution in [3.63, 3.8) is 0 Å². The van der Waals surface area contributed by atoms with Crippen LogP contribution in [0, 0.1) is 18.3 Å². The van der Waals surface area contributed by atoms with Gasteiger partial charge in [0.25, 0.3) is 10.0 Å². The molecule has 0 bridgehead atoms. The third kappa shape index (κ3) is 2.69. The van der Waals surface area contributed by atoms with E-state index in [1.807, 2.05) is 6.07 Å². The maximum absolute atomic E-state index is 12.7. The second-order valence-corrected chi connectivity index (χ2v) is 6.54. The van der Waals surface area contributed by atoms with Crippen LogP contribution in [0.4, 0.5) is 11.4 Å². The lowest BCUT2D eigenvalue weighted by Crippen LogP contribution is -2.27. The van der Waals surface area contributed by atoms with E-state index in [1.165, 1.54) is 17.4 Å². The number of benzene rings is 2. The number of hydrogen-bond acceptors (Lipinski definition) is 4. The fraction of sp³-hybridized carbons (Fsp3) is 0.133. The highest BCUT2D eigenvalue weighted by Crippen LogP contribution is 2.26. The van der Waals surface area contributed by atoms with Crippen molar-refractivity contribution in [3.05, 3.63) is 53.6 Å². The third-order valence-corrected chi connectivity index (χ3v) is 5.25. The highest BCUT2D eigenvalue weighted by Gasteiger charge is 2.23. The summed E-state index contributed by atoms with van der Waals surface area (Å²) in [5.74, 6) is 0. The summed E-state index contributed by atoms with van der Waals surface area (Å²) < 4.78 is 26.5. The average molecular weight is 301 g/mol. The van der Waals surface area contributed by atoms with Gasteiger partial charge < -0.3 is 5.73 Å². The minimum absolute atomic E-state index is 0.175. The van der Waals surface area contributed by atoms with Gasteiger partial charge in [0.15, 0.2) is 0 Å². The molecule has 5 nitrogen and oxygen atoms in total. The van der Waals surface area contributed by atoms with Crippen LogP contribution >= 0.6 is 0 Å². The standard InChI is InChI=1S/C15H15N3O2S/c1-11-14(17)4-3-5-15(11)21(19,20)18(2)13-8-6-12(10-16)7-9-13/h3-9H,17H2,1-2H3. The SMILES string of the molecule is Cc1c(N)cccc1S(=O)(=O)N(C)c1ccc(C#N)cc1. The fourth-order valence-corrected chi connectivity index (χ4v) is 3.39. The van der Waals surface area contributed by atoms with Gasteiger partial charge in [0.05, 0.1) is 22.2 Å². The first-order chi connectivity index (χ1) is 9.87. The highest BCUT2D eigenvalue weighted by atomic mass is 32.2. The van der Waals surface area contributed by atoms with Crippen molar-refractivity contribution in [2.24, 2.45) is 0 Å².